The summed E-state index contributed by atoms with van der Waals surface area (Å²) >= 11 is 3.37. The highest BCUT2D eigenvalue weighted by molar-refractivity contribution is 9.10. The summed E-state index contributed by atoms with van der Waals surface area (Å²) in [4.78, 5) is 28.6. The van der Waals surface area contributed by atoms with Gasteiger partial charge in [0.25, 0.3) is 0 Å². The highest BCUT2D eigenvalue weighted by atomic mass is 79.9. The number of nitrogens with zero attached hydrogens (tertiary/aromatic N) is 2. The fourth-order valence-electron chi connectivity index (χ4n) is 3.40. The van der Waals surface area contributed by atoms with Gasteiger partial charge in [-0.15, -0.1) is 0 Å². The predicted octanol–water partition coefficient (Wildman–Crippen LogP) is 2.85. The Labute approximate surface area is 184 Å². The first-order valence-corrected chi connectivity index (χ1v) is 10.8. The Morgan fingerprint density at radius 2 is 1.63 bits per heavy atom. The fourth-order valence-corrected chi connectivity index (χ4v) is 3.79. The van der Waals surface area contributed by atoms with Crippen LogP contribution in [0.5, 0.6) is 0 Å². The van der Waals surface area contributed by atoms with Crippen LogP contribution in [-0.2, 0) is 16.1 Å². The van der Waals surface area contributed by atoms with Crippen molar-refractivity contribution < 1.29 is 14.0 Å². The molecule has 0 radical (unpaired) electrons. The van der Waals surface area contributed by atoms with Gasteiger partial charge in [0, 0.05) is 29.7 Å². The summed E-state index contributed by atoms with van der Waals surface area (Å²) in [6, 6.07) is 14.1. The van der Waals surface area contributed by atoms with Crippen LogP contribution in [0.1, 0.15) is 12.0 Å². The Hall–Kier alpha value is -2.29. The molecule has 1 aliphatic rings. The highest BCUT2D eigenvalue weighted by Crippen LogP contribution is 2.20. The summed E-state index contributed by atoms with van der Waals surface area (Å²) in [5, 5.41) is 5.44. The molecule has 0 bridgehead atoms. The number of halogens is 2. The first-order valence-electron chi connectivity index (χ1n) is 10.0. The minimum Gasteiger partial charge on any atom is -0.346 e. The number of para-hydroxylation sites is 1. The van der Waals surface area contributed by atoms with E-state index >= 15 is 0 Å². The van der Waals surface area contributed by atoms with Crippen molar-refractivity contribution in [3.63, 3.8) is 0 Å². The number of hydrogen-bond acceptors (Lipinski definition) is 4. The summed E-state index contributed by atoms with van der Waals surface area (Å²) in [6.07, 6.45) is 0.907. The highest BCUT2D eigenvalue weighted by Gasteiger charge is 2.18. The van der Waals surface area contributed by atoms with Crippen LogP contribution in [0.2, 0.25) is 0 Å². The number of anilines is 1. The van der Waals surface area contributed by atoms with Crippen LogP contribution < -0.4 is 10.6 Å². The molecule has 0 unspecified atom stereocenters. The summed E-state index contributed by atoms with van der Waals surface area (Å²) < 4.78 is 14.7. The van der Waals surface area contributed by atoms with E-state index in [-0.39, 0.29) is 30.7 Å². The van der Waals surface area contributed by atoms with Crippen molar-refractivity contribution in [2.75, 3.05) is 44.6 Å². The first kappa shape index (κ1) is 22.4. The van der Waals surface area contributed by atoms with Gasteiger partial charge in [0.15, 0.2) is 0 Å². The second-order valence-electron chi connectivity index (χ2n) is 7.30. The van der Waals surface area contributed by atoms with Crippen molar-refractivity contribution in [1.29, 1.82) is 0 Å². The molecule has 3 rings (SSSR count). The molecule has 0 atom stereocenters. The summed E-state index contributed by atoms with van der Waals surface area (Å²) in [6.45, 7) is 3.89. The van der Waals surface area contributed by atoms with Gasteiger partial charge in [-0.05, 0) is 53.6 Å². The Bertz CT molecular complexity index is 880. The maximum atomic E-state index is 13.9. The van der Waals surface area contributed by atoms with Gasteiger partial charge in [0.1, 0.15) is 5.82 Å². The van der Waals surface area contributed by atoms with E-state index < -0.39 is 0 Å². The Morgan fingerprint density at radius 1 is 0.933 bits per heavy atom. The monoisotopic (exact) mass is 476 g/mol. The maximum Gasteiger partial charge on any atom is 0.243 e. The lowest BCUT2D eigenvalue weighted by Crippen LogP contribution is -2.41. The molecule has 2 aromatic rings. The molecule has 0 saturated carbocycles. The van der Waals surface area contributed by atoms with E-state index in [1.807, 2.05) is 30.3 Å². The number of nitrogens with one attached hydrogen (secondary N) is 2. The smallest absolute Gasteiger partial charge is 0.243 e. The molecule has 0 aliphatic carbocycles. The van der Waals surface area contributed by atoms with Gasteiger partial charge in [0.2, 0.25) is 11.8 Å². The first-order chi connectivity index (χ1) is 14.5. The predicted molar refractivity (Wildman–Crippen MR) is 119 cm³/mol. The quantitative estimate of drug-likeness (QED) is 0.644. The van der Waals surface area contributed by atoms with Crippen LogP contribution >= 0.6 is 15.9 Å². The molecule has 2 aromatic carbocycles. The summed E-state index contributed by atoms with van der Waals surface area (Å²) in [5.74, 6) is -0.638. The standard InChI is InChI=1S/C22H26BrFN4O2/c23-18-7-2-4-9-20(18)26-21(29)14-25-22(30)16-28-11-5-10-27(12-13-28)15-17-6-1-3-8-19(17)24/h1-4,6-9H,5,10-16H2,(H,25,30)(H,26,29). The van der Waals surface area contributed by atoms with E-state index in [9.17, 15) is 14.0 Å². The molecule has 30 heavy (non-hydrogen) atoms. The van der Waals surface area contributed by atoms with Gasteiger partial charge < -0.3 is 10.6 Å². The number of benzene rings is 2. The molecule has 1 heterocycles. The lowest BCUT2D eigenvalue weighted by molar-refractivity contribution is -0.125. The lowest BCUT2D eigenvalue weighted by atomic mass is 10.2. The molecule has 6 nitrogen and oxygen atoms in total. The van der Waals surface area contributed by atoms with E-state index in [1.165, 1.54) is 6.07 Å². The zero-order valence-corrected chi connectivity index (χ0v) is 18.3. The van der Waals surface area contributed by atoms with Crippen LogP contribution in [0.4, 0.5) is 10.1 Å². The zero-order valence-electron chi connectivity index (χ0n) is 16.7. The minimum atomic E-state index is -0.276. The third-order valence-electron chi connectivity index (χ3n) is 4.99. The summed E-state index contributed by atoms with van der Waals surface area (Å²) in [7, 11) is 0. The topological polar surface area (TPSA) is 64.7 Å². The SMILES string of the molecule is O=C(CN1CCCN(Cc2ccccc2F)CC1)NCC(=O)Nc1ccccc1Br. The fraction of sp³-hybridized carbons (Fsp3) is 0.364. The molecular formula is C22H26BrFN4O2. The van der Waals surface area contributed by atoms with Gasteiger partial charge in [-0.3, -0.25) is 19.4 Å². The van der Waals surface area contributed by atoms with E-state index in [1.54, 1.807) is 12.1 Å². The van der Waals surface area contributed by atoms with Crippen molar-refractivity contribution in [2.24, 2.45) is 0 Å². The maximum absolute atomic E-state index is 13.9. The molecular weight excluding hydrogens is 451 g/mol. The average molecular weight is 477 g/mol. The molecule has 160 valence electrons. The van der Waals surface area contributed by atoms with Gasteiger partial charge >= 0.3 is 0 Å². The van der Waals surface area contributed by atoms with Gasteiger partial charge in [-0.1, -0.05) is 30.3 Å². The number of hydrogen-bond donors (Lipinski definition) is 2. The minimum absolute atomic E-state index is 0.0760. The van der Waals surface area contributed by atoms with Gasteiger partial charge in [0.05, 0.1) is 18.8 Å². The molecule has 2 N–H and O–H groups in total. The van der Waals surface area contributed by atoms with E-state index in [0.717, 1.165) is 37.1 Å². The Balaban J connectivity index is 1.40. The molecule has 1 saturated heterocycles. The van der Waals surface area contributed by atoms with E-state index in [4.69, 9.17) is 0 Å². The molecule has 1 aliphatic heterocycles. The second-order valence-corrected chi connectivity index (χ2v) is 8.16. The van der Waals surface area contributed by atoms with Gasteiger partial charge in [-0.2, -0.15) is 0 Å². The van der Waals surface area contributed by atoms with Crippen LogP contribution in [0.25, 0.3) is 0 Å². The molecule has 8 heteroatoms. The van der Waals surface area contributed by atoms with Gasteiger partial charge in [-0.25, -0.2) is 4.39 Å². The number of carbonyl (C=O) groups is 2. The second kappa shape index (κ2) is 11.2. The van der Waals surface area contributed by atoms with Crippen LogP contribution in [0.3, 0.4) is 0 Å². The Kier molecular flexibility index (Phi) is 8.36. The normalized spacial score (nSPS) is 15.4. The molecule has 2 amide bonds. The summed E-state index contributed by atoms with van der Waals surface area (Å²) in [5.41, 5.74) is 1.36. The number of carbonyl (C=O) groups excluding carboxylic acids is 2. The molecule has 1 fully saturated rings. The molecule has 0 spiro atoms. The van der Waals surface area contributed by atoms with Crippen molar-refractivity contribution in [2.45, 2.75) is 13.0 Å². The van der Waals surface area contributed by atoms with Crippen molar-refractivity contribution >= 4 is 33.4 Å². The Morgan fingerprint density at radius 3 is 2.43 bits per heavy atom. The van der Waals surface area contributed by atoms with Crippen LogP contribution in [0, 0.1) is 5.82 Å². The zero-order chi connectivity index (χ0) is 21.3. The van der Waals surface area contributed by atoms with E-state index in [2.05, 4.69) is 36.4 Å². The third-order valence-corrected chi connectivity index (χ3v) is 5.69. The lowest BCUT2D eigenvalue weighted by Gasteiger charge is -2.21. The van der Waals surface area contributed by atoms with Crippen molar-refractivity contribution in [3.8, 4) is 0 Å². The van der Waals surface area contributed by atoms with Crippen molar-refractivity contribution in [3.05, 3.63) is 64.4 Å². The molecule has 0 aromatic heterocycles. The largest absolute Gasteiger partial charge is 0.346 e. The van der Waals surface area contributed by atoms with E-state index in [0.29, 0.717) is 17.8 Å². The van der Waals surface area contributed by atoms with Crippen LogP contribution in [-0.4, -0.2) is 60.9 Å². The number of rotatable bonds is 7. The average Bonchev–Trinajstić information content (AvgIpc) is 2.95. The number of amides is 2. The third kappa shape index (κ3) is 6.90. The van der Waals surface area contributed by atoms with Crippen LogP contribution in [0.15, 0.2) is 53.0 Å². The van der Waals surface area contributed by atoms with Crippen molar-refractivity contribution in [1.82, 2.24) is 15.1 Å².